The third-order valence-electron chi connectivity index (χ3n) is 6.84. The van der Waals surface area contributed by atoms with E-state index in [0.29, 0.717) is 0 Å². The highest BCUT2D eigenvalue weighted by molar-refractivity contribution is 5.83. The van der Waals surface area contributed by atoms with E-state index in [2.05, 4.69) is 37.6 Å². The summed E-state index contributed by atoms with van der Waals surface area (Å²) in [5, 5.41) is 0. The van der Waals surface area contributed by atoms with Gasteiger partial charge in [-0.1, -0.05) is 63.1 Å². The van der Waals surface area contributed by atoms with Gasteiger partial charge < -0.3 is 10.5 Å². The summed E-state index contributed by atoms with van der Waals surface area (Å²) in [6.07, 6.45) is 10.9. The first-order chi connectivity index (χ1) is 16.3. The van der Waals surface area contributed by atoms with Crippen molar-refractivity contribution in [3.8, 4) is 12.3 Å². The number of benzene rings is 2. The number of unbranched alkanes of at least 4 members (excludes halogenated alkanes) is 1. The van der Waals surface area contributed by atoms with Crippen LogP contribution in [0.2, 0.25) is 0 Å². The Morgan fingerprint density at radius 1 is 1.18 bits per heavy atom. The largest absolute Gasteiger partial charge is 0.461 e. The highest BCUT2D eigenvalue weighted by Gasteiger charge is 2.46. The summed E-state index contributed by atoms with van der Waals surface area (Å²) in [5.41, 5.74) is 5.18. The van der Waals surface area contributed by atoms with E-state index in [1.54, 1.807) is 6.92 Å². The van der Waals surface area contributed by atoms with Crippen LogP contribution in [0.5, 0.6) is 0 Å². The van der Waals surface area contributed by atoms with Gasteiger partial charge in [0, 0.05) is 18.3 Å². The van der Waals surface area contributed by atoms with Crippen molar-refractivity contribution >= 4 is 5.97 Å². The van der Waals surface area contributed by atoms with E-state index in [-0.39, 0.29) is 23.9 Å². The summed E-state index contributed by atoms with van der Waals surface area (Å²) in [5.74, 6) is 1.68. The summed E-state index contributed by atoms with van der Waals surface area (Å²) in [6, 6.07) is 13.9. The molecule has 2 aromatic rings. The second-order valence-electron chi connectivity index (χ2n) is 9.08. The van der Waals surface area contributed by atoms with Crippen LogP contribution in [0.3, 0.4) is 0 Å². The molecule has 0 bridgehead atoms. The van der Waals surface area contributed by atoms with Gasteiger partial charge in [0.2, 0.25) is 0 Å². The third kappa shape index (κ3) is 6.67. The molecule has 3 rings (SSSR count). The highest BCUT2D eigenvalue weighted by Crippen LogP contribution is 2.42. The van der Waals surface area contributed by atoms with Crippen LogP contribution in [0, 0.1) is 42.7 Å². The first-order valence-corrected chi connectivity index (χ1v) is 12.3. The minimum absolute atomic E-state index is 0.0495. The zero-order valence-electron chi connectivity index (χ0n) is 20.7. The Balaban J connectivity index is 0.000000379. The maximum atomic E-state index is 13.3. The average molecular weight is 471 g/mol. The maximum absolute atomic E-state index is 13.3. The van der Waals surface area contributed by atoms with Crippen molar-refractivity contribution < 1.29 is 24.0 Å². The molecule has 0 radical (unpaired) electrons. The topological polar surface area (TPSA) is 53.9 Å². The molecule has 1 aliphatic rings. The van der Waals surface area contributed by atoms with Gasteiger partial charge in [0.05, 0.1) is 12.0 Å². The highest BCUT2D eigenvalue weighted by atomic mass is 19.2. The molecule has 0 aliphatic heterocycles. The zero-order valence-corrected chi connectivity index (χ0v) is 20.7. The number of quaternary nitrogens is 1. The monoisotopic (exact) mass is 470 g/mol. The molecule has 2 aromatic carbocycles. The van der Waals surface area contributed by atoms with Crippen LogP contribution >= 0.6 is 0 Å². The Morgan fingerprint density at radius 2 is 1.88 bits per heavy atom. The first-order valence-electron chi connectivity index (χ1n) is 12.3. The molecule has 3 N–H and O–H groups in total. The average Bonchev–Trinajstić information content (AvgIpc) is 2.84. The van der Waals surface area contributed by atoms with E-state index in [0.717, 1.165) is 68.3 Å². The number of rotatable bonds is 9. The van der Waals surface area contributed by atoms with Crippen molar-refractivity contribution in [3.05, 3.63) is 71.3 Å². The van der Waals surface area contributed by atoms with Crippen molar-refractivity contribution in [2.24, 2.45) is 11.8 Å². The quantitative estimate of drug-likeness (QED) is 0.383. The van der Waals surface area contributed by atoms with Crippen LogP contribution in [0.1, 0.15) is 63.5 Å². The lowest BCUT2D eigenvalue weighted by Gasteiger charge is -2.43. The van der Waals surface area contributed by atoms with E-state index in [1.165, 1.54) is 6.07 Å². The van der Waals surface area contributed by atoms with Crippen LogP contribution in [0.15, 0.2) is 48.5 Å². The number of ether oxygens (including phenoxy) is 1. The predicted octanol–water partition coefficient (Wildman–Crippen LogP) is 5.61. The summed E-state index contributed by atoms with van der Waals surface area (Å²) < 4.78 is 30.4. The van der Waals surface area contributed by atoms with Gasteiger partial charge in [0.1, 0.15) is 6.10 Å². The minimum atomic E-state index is -0.791. The zero-order chi connectivity index (χ0) is 25.1. The van der Waals surface area contributed by atoms with Gasteiger partial charge in [-0.2, -0.15) is 0 Å². The number of esters is 1. The molecule has 3 nitrogen and oxygen atoms in total. The fourth-order valence-electron chi connectivity index (χ4n) is 4.59. The summed E-state index contributed by atoms with van der Waals surface area (Å²) in [6.45, 7) is 6.78. The third-order valence-corrected chi connectivity index (χ3v) is 6.84. The molecule has 184 valence electrons. The molecule has 0 saturated heterocycles. The Morgan fingerprint density at radius 3 is 2.41 bits per heavy atom. The second-order valence-corrected chi connectivity index (χ2v) is 9.08. The summed E-state index contributed by atoms with van der Waals surface area (Å²) >= 11 is 0. The van der Waals surface area contributed by atoms with E-state index < -0.39 is 17.0 Å². The molecule has 0 aromatic heterocycles. The Kier molecular flexibility index (Phi) is 10.7. The molecule has 1 aliphatic carbocycles. The van der Waals surface area contributed by atoms with Crippen molar-refractivity contribution in [3.63, 3.8) is 0 Å². The van der Waals surface area contributed by atoms with Crippen molar-refractivity contribution in [2.45, 2.75) is 70.8 Å². The Bertz CT molecular complexity index is 956. The molecule has 0 spiro atoms. The van der Waals surface area contributed by atoms with Gasteiger partial charge >= 0.3 is 5.97 Å². The fourth-order valence-corrected chi connectivity index (χ4v) is 4.59. The SMILES string of the molecule is C#CC1CC(OC(=O)C(CC)(CCCC)c2ccccc2)C1CC[NH3+].Cc1ccc(F)c(F)c1. The molecular formula is C29H38F2NO2+. The van der Waals surface area contributed by atoms with Crippen LogP contribution in [-0.2, 0) is 14.9 Å². The summed E-state index contributed by atoms with van der Waals surface area (Å²) in [4.78, 5) is 13.3. The standard InChI is InChI=1S/C22H31NO2.C7H6F2/c1-4-7-14-22(6-3,18-11-9-8-10-12-18)21(24)25-20-16-17(5-2)19(20)13-15-23;1-5-2-3-6(8)7(9)4-5/h2,8-12,17,19-20H,4,6-7,13-16,23H2,1,3H3;2-4H,1H3/p+1. The normalized spacial score (nSPS) is 20.7. The number of halogens is 2. The molecular weight excluding hydrogens is 432 g/mol. The van der Waals surface area contributed by atoms with Gasteiger partial charge in [-0.3, -0.25) is 4.79 Å². The number of carbonyl (C=O) groups is 1. The van der Waals surface area contributed by atoms with Gasteiger partial charge in [0.25, 0.3) is 0 Å². The summed E-state index contributed by atoms with van der Waals surface area (Å²) in [7, 11) is 0. The first kappa shape index (κ1) is 27.5. The molecule has 34 heavy (non-hydrogen) atoms. The van der Waals surface area contributed by atoms with E-state index in [9.17, 15) is 13.6 Å². The van der Waals surface area contributed by atoms with Gasteiger partial charge in [-0.05, 0) is 49.4 Å². The number of terminal acetylenes is 1. The number of hydrogen-bond acceptors (Lipinski definition) is 2. The molecule has 0 amide bonds. The van der Waals surface area contributed by atoms with E-state index >= 15 is 0 Å². The van der Waals surface area contributed by atoms with Gasteiger partial charge in [0.15, 0.2) is 11.6 Å². The fraction of sp³-hybridized carbons (Fsp3) is 0.483. The van der Waals surface area contributed by atoms with Gasteiger partial charge in [-0.15, -0.1) is 12.3 Å². The molecule has 5 heteroatoms. The lowest BCUT2D eigenvalue weighted by Crippen LogP contribution is -2.55. The molecule has 4 atom stereocenters. The molecule has 1 saturated carbocycles. The maximum Gasteiger partial charge on any atom is 0.316 e. The van der Waals surface area contributed by atoms with Crippen molar-refractivity contribution in [1.82, 2.24) is 0 Å². The molecule has 1 fully saturated rings. The smallest absolute Gasteiger partial charge is 0.316 e. The number of carbonyl (C=O) groups excluding carboxylic acids is 1. The Labute approximate surface area is 203 Å². The van der Waals surface area contributed by atoms with Crippen molar-refractivity contribution in [1.29, 1.82) is 0 Å². The van der Waals surface area contributed by atoms with Crippen molar-refractivity contribution in [2.75, 3.05) is 6.54 Å². The molecule has 4 unspecified atom stereocenters. The predicted molar refractivity (Wildman–Crippen MR) is 132 cm³/mol. The minimum Gasteiger partial charge on any atom is -0.461 e. The number of hydrogen-bond donors (Lipinski definition) is 1. The van der Waals surface area contributed by atoms with Crippen LogP contribution < -0.4 is 5.73 Å². The Hall–Kier alpha value is -2.71. The molecule has 0 heterocycles. The lowest BCUT2D eigenvalue weighted by molar-refractivity contribution is -0.372. The van der Waals surface area contributed by atoms with E-state index in [4.69, 9.17) is 11.2 Å². The van der Waals surface area contributed by atoms with Crippen LogP contribution in [0.25, 0.3) is 0 Å². The van der Waals surface area contributed by atoms with E-state index in [1.807, 2.05) is 18.2 Å². The van der Waals surface area contributed by atoms with Crippen LogP contribution in [-0.4, -0.2) is 18.6 Å². The van der Waals surface area contributed by atoms with Gasteiger partial charge in [-0.25, -0.2) is 8.78 Å². The lowest BCUT2D eigenvalue weighted by atomic mass is 9.69. The number of aryl methyl sites for hydroxylation is 1. The van der Waals surface area contributed by atoms with Crippen LogP contribution in [0.4, 0.5) is 8.78 Å². The second kappa shape index (κ2) is 13.2.